The fraction of sp³-hybridized carbons (Fsp3) is 0.500. The van der Waals surface area contributed by atoms with Crippen LogP contribution in [0, 0.1) is 11.3 Å². The third kappa shape index (κ3) is 3.39. The molecule has 0 aliphatic carbocycles. The third-order valence-corrected chi connectivity index (χ3v) is 2.84. The zero-order chi connectivity index (χ0) is 12.8. The van der Waals surface area contributed by atoms with Gasteiger partial charge in [-0.15, -0.1) is 0 Å². The first-order chi connectivity index (χ1) is 8.10. The molecule has 1 aromatic carbocycles. The Morgan fingerprint density at radius 3 is 2.65 bits per heavy atom. The zero-order valence-corrected chi connectivity index (χ0v) is 11.0. The zero-order valence-electron chi connectivity index (χ0n) is 11.0. The summed E-state index contributed by atoms with van der Waals surface area (Å²) in [6, 6.07) is 8.38. The Hall–Kier alpha value is -1.69. The summed E-state index contributed by atoms with van der Waals surface area (Å²) in [5.74, 6) is 1.35. The standard InChI is InChI=1S/C14H20N2O/c1-11(2)12-6-7-14(17-4)13(10-12)16(3)9-5-8-15/h6-7,10-11H,5,9H2,1-4H3. The van der Waals surface area contributed by atoms with Gasteiger partial charge in [0.1, 0.15) is 5.75 Å². The highest BCUT2D eigenvalue weighted by atomic mass is 16.5. The van der Waals surface area contributed by atoms with Gasteiger partial charge in [0.15, 0.2) is 0 Å². The molecule has 0 aliphatic rings. The molecule has 0 amide bonds. The van der Waals surface area contributed by atoms with E-state index in [0.717, 1.165) is 11.4 Å². The van der Waals surface area contributed by atoms with Crippen LogP contribution < -0.4 is 9.64 Å². The van der Waals surface area contributed by atoms with Gasteiger partial charge in [-0.1, -0.05) is 19.9 Å². The molecule has 0 saturated carbocycles. The van der Waals surface area contributed by atoms with Crippen LogP contribution in [0.5, 0.6) is 5.75 Å². The van der Waals surface area contributed by atoms with Crippen LogP contribution in [0.3, 0.4) is 0 Å². The van der Waals surface area contributed by atoms with Crippen LogP contribution in [0.15, 0.2) is 18.2 Å². The molecule has 1 aromatic rings. The molecule has 0 bridgehead atoms. The Bertz CT molecular complexity index is 407. The molecule has 0 heterocycles. The van der Waals surface area contributed by atoms with Crippen molar-refractivity contribution in [3.05, 3.63) is 23.8 Å². The number of rotatable bonds is 5. The molecular weight excluding hydrogens is 212 g/mol. The van der Waals surface area contributed by atoms with E-state index in [9.17, 15) is 0 Å². The SMILES string of the molecule is COc1ccc(C(C)C)cc1N(C)CCC#N. The number of nitriles is 1. The molecular formula is C14H20N2O. The van der Waals surface area contributed by atoms with Gasteiger partial charge >= 0.3 is 0 Å². The van der Waals surface area contributed by atoms with Crippen LogP contribution in [0.1, 0.15) is 31.7 Å². The van der Waals surface area contributed by atoms with Crippen LogP contribution in [-0.2, 0) is 0 Å². The number of hydrogen-bond acceptors (Lipinski definition) is 3. The number of nitrogens with zero attached hydrogens (tertiary/aromatic N) is 2. The summed E-state index contributed by atoms with van der Waals surface area (Å²) in [5.41, 5.74) is 2.33. The molecule has 3 nitrogen and oxygen atoms in total. The van der Waals surface area contributed by atoms with Crippen molar-refractivity contribution in [1.82, 2.24) is 0 Å². The topological polar surface area (TPSA) is 36.3 Å². The molecule has 0 fully saturated rings. The van der Waals surface area contributed by atoms with E-state index in [4.69, 9.17) is 10.00 Å². The van der Waals surface area contributed by atoms with Crippen molar-refractivity contribution < 1.29 is 4.74 Å². The van der Waals surface area contributed by atoms with E-state index in [1.807, 2.05) is 13.1 Å². The monoisotopic (exact) mass is 232 g/mol. The minimum absolute atomic E-state index is 0.490. The quantitative estimate of drug-likeness (QED) is 0.782. The lowest BCUT2D eigenvalue weighted by atomic mass is 10.0. The molecule has 3 heteroatoms. The lowest BCUT2D eigenvalue weighted by Gasteiger charge is -2.22. The second kappa shape index (κ2) is 6.15. The van der Waals surface area contributed by atoms with Gasteiger partial charge in [0.2, 0.25) is 0 Å². The second-order valence-electron chi connectivity index (χ2n) is 4.42. The maximum absolute atomic E-state index is 8.62. The maximum atomic E-state index is 8.62. The first-order valence-electron chi connectivity index (χ1n) is 5.86. The first-order valence-corrected chi connectivity index (χ1v) is 5.86. The molecule has 0 radical (unpaired) electrons. The fourth-order valence-corrected chi connectivity index (χ4v) is 1.70. The second-order valence-corrected chi connectivity index (χ2v) is 4.42. The summed E-state index contributed by atoms with van der Waals surface area (Å²) >= 11 is 0. The van der Waals surface area contributed by atoms with Crippen molar-refractivity contribution in [2.75, 3.05) is 25.6 Å². The minimum Gasteiger partial charge on any atom is -0.495 e. The largest absolute Gasteiger partial charge is 0.495 e. The summed E-state index contributed by atoms with van der Waals surface area (Å²) in [5, 5.41) is 8.62. The summed E-state index contributed by atoms with van der Waals surface area (Å²) in [7, 11) is 3.66. The number of benzene rings is 1. The van der Waals surface area contributed by atoms with Crippen molar-refractivity contribution >= 4 is 5.69 Å². The normalized spacial score (nSPS) is 10.1. The van der Waals surface area contributed by atoms with Gasteiger partial charge in [-0.3, -0.25) is 0 Å². The Kier molecular flexibility index (Phi) is 4.84. The molecule has 0 atom stereocenters. The highest BCUT2D eigenvalue weighted by Gasteiger charge is 2.10. The predicted molar refractivity (Wildman–Crippen MR) is 70.6 cm³/mol. The van der Waals surface area contributed by atoms with Gasteiger partial charge in [-0.05, 0) is 23.6 Å². The smallest absolute Gasteiger partial charge is 0.142 e. The summed E-state index contributed by atoms with van der Waals surface area (Å²) in [6.07, 6.45) is 0.519. The maximum Gasteiger partial charge on any atom is 0.142 e. The van der Waals surface area contributed by atoms with Gasteiger partial charge in [-0.2, -0.15) is 5.26 Å². The van der Waals surface area contributed by atoms with Crippen LogP contribution in [0.2, 0.25) is 0 Å². The van der Waals surface area contributed by atoms with E-state index in [2.05, 4.69) is 36.9 Å². The molecule has 0 aromatic heterocycles. The average molecular weight is 232 g/mol. The summed E-state index contributed by atoms with van der Waals surface area (Å²) in [6.45, 7) is 5.05. The van der Waals surface area contributed by atoms with E-state index in [-0.39, 0.29) is 0 Å². The number of methoxy groups -OCH3 is 1. The van der Waals surface area contributed by atoms with E-state index in [0.29, 0.717) is 18.9 Å². The fourth-order valence-electron chi connectivity index (χ4n) is 1.70. The van der Waals surface area contributed by atoms with E-state index in [1.165, 1.54) is 5.56 Å². The van der Waals surface area contributed by atoms with Gasteiger partial charge in [0, 0.05) is 13.6 Å². The third-order valence-electron chi connectivity index (χ3n) is 2.84. The Labute approximate surface area is 104 Å². The highest BCUT2D eigenvalue weighted by Crippen LogP contribution is 2.31. The molecule has 0 aliphatic heterocycles. The van der Waals surface area contributed by atoms with Gasteiger partial charge < -0.3 is 9.64 Å². The van der Waals surface area contributed by atoms with Crippen LogP contribution >= 0.6 is 0 Å². The van der Waals surface area contributed by atoms with Gasteiger partial charge in [0.05, 0.1) is 25.3 Å². The molecule has 17 heavy (non-hydrogen) atoms. The van der Waals surface area contributed by atoms with Crippen molar-refractivity contribution in [2.24, 2.45) is 0 Å². The Morgan fingerprint density at radius 1 is 1.41 bits per heavy atom. The van der Waals surface area contributed by atoms with Crippen molar-refractivity contribution in [2.45, 2.75) is 26.2 Å². The minimum atomic E-state index is 0.490. The van der Waals surface area contributed by atoms with Crippen molar-refractivity contribution in [3.8, 4) is 11.8 Å². The lowest BCUT2D eigenvalue weighted by molar-refractivity contribution is 0.414. The van der Waals surface area contributed by atoms with Crippen molar-refractivity contribution in [1.29, 1.82) is 5.26 Å². The van der Waals surface area contributed by atoms with Crippen LogP contribution in [-0.4, -0.2) is 20.7 Å². The Balaban J connectivity index is 3.01. The summed E-state index contributed by atoms with van der Waals surface area (Å²) in [4.78, 5) is 2.06. The van der Waals surface area contributed by atoms with E-state index < -0.39 is 0 Å². The highest BCUT2D eigenvalue weighted by molar-refractivity contribution is 5.60. The first kappa shape index (κ1) is 13.4. The molecule has 0 unspecified atom stereocenters. The predicted octanol–water partition coefficient (Wildman–Crippen LogP) is 3.17. The van der Waals surface area contributed by atoms with Crippen LogP contribution in [0.4, 0.5) is 5.69 Å². The van der Waals surface area contributed by atoms with Gasteiger partial charge in [-0.25, -0.2) is 0 Å². The van der Waals surface area contributed by atoms with Crippen molar-refractivity contribution in [3.63, 3.8) is 0 Å². The molecule has 1 rings (SSSR count). The van der Waals surface area contributed by atoms with Crippen LogP contribution in [0.25, 0.3) is 0 Å². The molecule has 0 N–H and O–H groups in total. The van der Waals surface area contributed by atoms with Gasteiger partial charge in [0.25, 0.3) is 0 Å². The average Bonchev–Trinajstić information content (AvgIpc) is 2.34. The molecule has 0 spiro atoms. The number of ether oxygens (including phenoxy) is 1. The van der Waals surface area contributed by atoms with E-state index >= 15 is 0 Å². The van der Waals surface area contributed by atoms with E-state index in [1.54, 1.807) is 7.11 Å². The number of hydrogen-bond donors (Lipinski definition) is 0. The lowest BCUT2D eigenvalue weighted by Crippen LogP contribution is -2.19. The summed E-state index contributed by atoms with van der Waals surface area (Å²) < 4.78 is 5.36. The number of anilines is 1. The molecule has 92 valence electrons. The Morgan fingerprint density at radius 2 is 2.12 bits per heavy atom. The molecule has 0 saturated heterocycles.